The Balaban J connectivity index is -0.000000169. The molecule has 17 heavy (non-hydrogen) atoms. The Bertz CT molecular complexity index is 395. The second kappa shape index (κ2) is 13.0. The van der Waals surface area contributed by atoms with E-state index in [1.807, 2.05) is 13.8 Å². The molecular weight excluding hydrogens is 1070 g/mol. The third kappa shape index (κ3) is 7.37. The largest absolute Gasteiger partial charge is 0.241 e. The molecule has 0 radical (unpaired) electrons. The first-order valence-electron chi connectivity index (χ1n) is 3.79. The summed E-state index contributed by atoms with van der Waals surface area (Å²) >= 11 is 0. The van der Waals surface area contributed by atoms with Gasteiger partial charge in [-0.3, -0.25) is 0 Å². The van der Waals surface area contributed by atoms with Gasteiger partial charge < -0.3 is 0 Å². The molecule has 2 rings (SSSR count). The number of hydrogen-bond donors (Lipinski definition) is 0. The van der Waals surface area contributed by atoms with Crippen LogP contribution in [0.5, 0.6) is 0 Å². The predicted molar refractivity (Wildman–Crippen MR) is 46.7 cm³/mol. The molecular formula is C10H8N2W5-2. The van der Waals surface area contributed by atoms with Gasteiger partial charge in [-0.05, 0) is 0 Å². The topological polar surface area (TPSA) is 25.8 Å². The van der Waals surface area contributed by atoms with Gasteiger partial charge in [0.05, 0.1) is 0 Å². The summed E-state index contributed by atoms with van der Waals surface area (Å²) in [6.07, 6.45) is 3.41. The van der Waals surface area contributed by atoms with E-state index in [9.17, 15) is 0 Å². The van der Waals surface area contributed by atoms with E-state index < -0.39 is 0 Å². The average Bonchev–Trinajstić information content (AvgIpc) is 2.07. The van der Waals surface area contributed by atoms with Gasteiger partial charge in [0, 0.05) is 105 Å². The molecule has 2 aromatic rings. The molecule has 1 aromatic heterocycles. The van der Waals surface area contributed by atoms with Crippen molar-refractivity contribution in [1.29, 1.82) is 0 Å². The fraction of sp³-hybridized carbons (Fsp3) is 0.200. The predicted octanol–water partition coefficient (Wildman–Crippen LogP) is 1.83. The van der Waals surface area contributed by atoms with E-state index in [0.717, 1.165) is 21.9 Å². The first-order chi connectivity index (χ1) is 5.77. The quantitative estimate of drug-likeness (QED) is 0.378. The molecule has 0 N–H and O–H groups in total. The molecule has 0 bridgehead atoms. The van der Waals surface area contributed by atoms with Gasteiger partial charge in [0.1, 0.15) is 0 Å². The van der Waals surface area contributed by atoms with Crippen LogP contribution in [0.3, 0.4) is 0 Å². The van der Waals surface area contributed by atoms with E-state index in [0.29, 0.717) is 0 Å². The maximum absolute atomic E-state index is 3.78. The summed E-state index contributed by atoms with van der Waals surface area (Å²) in [5, 5.41) is 9.52. The van der Waals surface area contributed by atoms with Gasteiger partial charge >= 0.3 is 0 Å². The second-order valence-corrected chi connectivity index (χ2v) is 2.82. The number of benzene rings is 1. The minimum atomic E-state index is 0. The van der Waals surface area contributed by atoms with Crippen LogP contribution in [0.25, 0.3) is 10.8 Å². The molecule has 0 fully saturated rings. The Morgan fingerprint density at radius 3 is 1.29 bits per heavy atom. The molecule has 0 aliphatic heterocycles. The molecule has 90 valence electrons. The second-order valence-electron chi connectivity index (χ2n) is 2.82. The summed E-state index contributed by atoms with van der Waals surface area (Å²) in [5.74, 6) is 0. The van der Waals surface area contributed by atoms with Crippen LogP contribution in [-0.4, -0.2) is 10.2 Å². The molecule has 1 heterocycles. The SMILES string of the molecule is Cc1[c-]c2cnncc2[c-]c1C.[W].[W].[W].[W].[W]. The molecule has 0 unspecified atom stereocenters. The van der Waals surface area contributed by atoms with Gasteiger partial charge in [-0.25, -0.2) is 44.2 Å². The third-order valence-electron chi connectivity index (χ3n) is 1.94. The number of fused-ring (bicyclic) bond motifs is 1. The van der Waals surface area contributed by atoms with Crippen LogP contribution in [0.1, 0.15) is 11.1 Å². The number of nitrogens with zero attached hydrogens (tertiary/aromatic N) is 2. The van der Waals surface area contributed by atoms with Crippen LogP contribution in [-0.2, 0) is 105 Å². The minimum absolute atomic E-state index is 0. The zero-order valence-electron chi connectivity index (χ0n) is 9.09. The normalized spacial score (nSPS) is 7.41. The van der Waals surface area contributed by atoms with Gasteiger partial charge in [-0.1, -0.05) is 26.2 Å². The van der Waals surface area contributed by atoms with Gasteiger partial charge in [0.25, 0.3) is 0 Å². The van der Waals surface area contributed by atoms with Crippen molar-refractivity contribution in [3.8, 4) is 0 Å². The number of aryl methyl sites for hydroxylation is 2. The van der Waals surface area contributed by atoms with Crippen LogP contribution in [0.15, 0.2) is 12.4 Å². The minimum Gasteiger partial charge on any atom is -0.241 e. The molecule has 0 aliphatic rings. The molecule has 0 saturated carbocycles. The maximum atomic E-state index is 3.78. The van der Waals surface area contributed by atoms with E-state index in [4.69, 9.17) is 0 Å². The van der Waals surface area contributed by atoms with E-state index in [1.165, 1.54) is 0 Å². The van der Waals surface area contributed by atoms with Gasteiger partial charge in [-0.2, -0.15) is 0 Å². The fourth-order valence-electron chi connectivity index (χ4n) is 1.11. The first-order valence-corrected chi connectivity index (χ1v) is 3.79. The summed E-state index contributed by atoms with van der Waals surface area (Å²) in [5.41, 5.74) is 2.24. The smallest absolute Gasteiger partial charge is 0 e. The van der Waals surface area contributed by atoms with E-state index in [2.05, 4.69) is 22.3 Å². The van der Waals surface area contributed by atoms with Crippen molar-refractivity contribution >= 4 is 10.8 Å². The van der Waals surface area contributed by atoms with Crippen molar-refractivity contribution in [2.75, 3.05) is 0 Å². The van der Waals surface area contributed by atoms with Crippen LogP contribution in [0.4, 0.5) is 0 Å². The van der Waals surface area contributed by atoms with Gasteiger partial charge in [0.15, 0.2) is 0 Å². The molecule has 2 nitrogen and oxygen atoms in total. The molecule has 0 atom stereocenters. The third-order valence-corrected chi connectivity index (χ3v) is 1.94. The number of hydrogen-bond acceptors (Lipinski definition) is 2. The fourth-order valence-corrected chi connectivity index (χ4v) is 1.11. The summed E-state index contributed by atoms with van der Waals surface area (Å²) < 4.78 is 0. The Morgan fingerprint density at radius 2 is 1.00 bits per heavy atom. The van der Waals surface area contributed by atoms with E-state index >= 15 is 0 Å². The maximum Gasteiger partial charge on any atom is 0 e. The summed E-state index contributed by atoms with van der Waals surface area (Å²) in [4.78, 5) is 0. The average molecular weight is 1080 g/mol. The molecule has 0 aliphatic carbocycles. The standard InChI is InChI=1S/C10H8N2.5W/c1-7-3-9-5-11-12-6-10(9)4-8(7)2;;;;;/h5-6H,1-2H3;;;;;/q-2;;;;;. The molecule has 1 aromatic carbocycles. The molecule has 7 heteroatoms. The van der Waals surface area contributed by atoms with E-state index in [1.54, 1.807) is 12.4 Å². The summed E-state index contributed by atoms with van der Waals surface area (Å²) in [7, 11) is 0. The van der Waals surface area contributed by atoms with Crippen LogP contribution in [0, 0.1) is 26.0 Å². The van der Waals surface area contributed by atoms with Crippen LogP contribution in [0.2, 0.25) is 0 Å². The monoisotopic (exact) mass is 1080 g/mol. The molecule has 0 amide bonds. The summed E-state index contributed by atoms with van der Waals surface area (Å²) in [6, 6.07) is 6.45. The van der Waals surface area contributed by atoms with E-state index in [-0.39, 0.29) is 105 Å². The van der Waals surface area contributed by atoms with Crippen LogP contribution < -0.4 is 0 Å². The van der Waals surface area contributed by atoms with Crippen molar-refractivity contribution < 1.29 is 105 Å². The Labute approximate surface area is 173 Å². The van der Waals surface area contributed by atoms with Crippen molar-refractivity contribution in [3.63, 3.8) is 0 Å². The van der Waals surface area contributed by atoms with Crippen molar-refractivity contribution in [3.05, 3.63) is 35.7 Å². The number of aromatic nitrogens is 2. The zero-order chi connectivity index (χ0) is 8.55. The van der Waals surface area contributed by atoms with Gasteiger partial charge in [-0.15, -0.1) is 0 Å². The van der Waals surface area contributed by atoms with Crippen molar-refractivity contribution in [1.82, 2.24) is 10.2 Å². The van der Waals surface area contributed by atoms with Crippen LogP contribution >= 0.6 is 0 Å². The van der Waals surface area contributed by atoms with Crippen molar-refractivity contribution in [2.24, 2.45) is 0 Å². The Kier molecular flexibility index (Phi) is 20.9. The first kappa shape index (κ1) is 27.4. The Morgan fingerprint density at radius 1 is 0.706 bits per heavy atom. The zero-order valence-corrected chi connectivity index (χ0v) is 23.8. The Hall–Kier alpha value is 2.00. The van der Waals surface area contributed by atoms with Gasteiger partial charge in [0.2, 0.25) is 0 Å². The number of rotatable bonds is 0. The molecule has 0 spiro atoms. The molecule has 0 saturated heterocycles. The van der Waals surface area contributed by atoms with Crippen molar-refractivity contribution in [2.45, 2.75) is 13.8 Å². The summed E-state index contributed by atoms with van der Waals surface area (Å²) in [6.45, 7) is 4.04.